The van der Waals surface area contributed by atoms with Crippen LogP contribution in [0.5, 0.6) is 0 Å². The van der Waals surface area contributed by atoms with Gasteiger partial charge >= 0.3 is 5.97 Å². The summed E-state index contributed by atoms with van der Waals surface area (Å²) in [7, 11) is 0. The number of hydrogen-bond acceptors (Lipinski definition) is 3. The first-order valence-corrected chi connectivity index (χ1v) is 8.86. The Morgan fingerprint density at radius 3 is 2.48 bits per heavy atom. The quantitative estimate of drug-likeness (QED) is 0.786. The summed E-state index contributed by atoms with van der Waals surface area (Å²) in [5.41, 5.74) is 0.328. The first-order valence-electron chi connectivity index (χ1n) is 8.11. The van der Waals surface area contributed by atoms with Gasteiger partial charge in [-0.2, -0.15) is 0 Å². The fourth-order valence-electron chi connectivity index (χ4n) is 2.87. The molecule has 0 spiro atoms. The van der Waals surface area contributed by atoms with Crippen molar-refractivity contribution < 1.29 is 19.5 Å². The van der Waals surface area contributed by atoms with Crippen LogP contribution in [0.2, 0.25) is 10.0 Å². The Labute approximate surface area is 156 Å². The van der Waals surface area contributed by atoms with Gasteiger partial charge < -0.3 is 15.3 Å². The van der Waals surface area contributed by atoms with Crippen LogP contribution in [0.3, 0.4) is 0 Å². The maximum absolute atomic E-state index is 12.7. The van der Waals surface area contributed by atoms with E-state index in [2.05, 4.69) is 5.32 Å². The van der Waals surface area contributed by atoms with Gasteiger partial charge in [-0.1, -0.05) is 30.1 Å². The highest BCUT2D eigenvalue weighted by Crippen LogP contribution is 2.24. The monoisotopic (exact) mass is 386 g/mol. The van der Waals surface area contributed by atoms with Crippen molar-refractivity contribution in [1.29, 1.82) is 0 Å². The number of carbonyl (C=O) groups excluding carboxylic acids is 2. The Hall–Kier alpha value is -1.79. The summed E-state index contributed by atoms with van der Waals surface area (Å²) in [5, 5.41) is 12.4. The summed E-state index contributed by atoms with van der Waals surface area (Å²) in [6, 6.07) is 3.95. The van der Waals surface area contributed by atoms with Gasteiger partial charge in [-0.3, -0.25) is 14.4 Å². The molecule has 0 aromatic heterocycles. The molecule has 0 aliphatic carbocycles. The fourth-order valence-corrected chi connectivity index (χ4v) is 3.40. The molecule has 1 aliphatic rings. The molecule has 0 bridgehead atoms. The maximum Gasteiger partial charge on any atom is 0.308 e. The Balaban J connectivity index is 2.07. The lowest BCUT2D eigenvalue weighted by Gasteiger charge is -2.24. The van der Waals surface area contributed by atoms with E-state index in [1.54, 1.807) is 6.92 Å². The van der Waals surface area contributed by atoms with E-state index in [0.717, 1.165) is 0 Å². The third-order valence-electron chi connectivity index (χ3n) is 4.29. The van der Waals surface area contributed by atoms with Crippen molar-refractivity contribution in [3.8, 4) is 0 Å². The van der Waals surface area contributed by atoms with Crippen LogP contribution in [-0.2, 0) is 9.59 Å². The third-order valence-corrected chi connectivity index (χ3v) is 4.73. The van der Waals surface area contributed by atoms with Crippen molar-refractivity contribution in [3.63, 3.8) is 0 Å². The second kappa shape index (κ2) is 8.54. The summed E-state index contributed by atoms with van der Waals surface area (Å²) in [6.45, 7) is 2.25. The van der Waals surface area contributed by atoms with Crippen LogP contribution in [-0.4, -0.2) is 46.9 Å². The largest absolute Gasteiger partial charge is 0.481 e. The van der Waals surface area contributed by atoms with Gasteiger partial charge in [0.2, 0.25) is 5.91 Å². The zero-order valence-corrected chi connectivity index (χ0v) is 15.3. The van der Waals surface area contributed by atoms with Crippen molar-refractivity contribution in [2.24, 2.45) is 5.92 Å². The minimum atomic E-state index is -0.948. The number of hydrogen-bond donors (Lipinski definition) is 2. The zero-order chi connectivity index (χ0) is 18.6. The Kier molecular flexibility index (Phi) is 6.67. The number of amides is 2. The maximum atomic E-state index is 12.7. The number of nitrogens with zero attached hydrogens (tertiary/aromatic N) is 1. The van der Waals surface area contributed by atoms with Gasteiger partial charge in [0.1, 0.15) is 6.04 Å². The summed E-state index contributed by atoms with van der Waals surface area (Å²) in [5.74, 6) is -2.23. The summed E-state index contributed by atoms with van der Waals surface area (Å²) < 4.78 is 0. The molecule has 2 N–H and O–H groups in total. The molecular formula is C17H20Cl2N2O4. The number of rotatable bonds is 6. The SMILES string of the molecule is CCC(CNC(=O)C1CCCN1C(=O)c1cc(Cl)cc(Cl)c1)C(=O)O. The van der Waals surface area contributed by atoms with Crippen molar-refractivity contribution >= 4 is 41.0 Å². The lowest BCUT2D eigenvalue weighted by molar-refractivity contribution is -0.141. The third kappa shape index (κ3) is 4.86. The van der Waals surface area contributed by atoms with E-state index in [0.29, 0.717) is 41.4 Å². The van der Waals surface area contributed by atoms with Gasteiger partial charge in [0.05, 0.1) is 5.92 Å². The lowest BCUT2D eigenvalue weighted by atomic mass is 10.1. The van der Waals surface area contributed by atoms with Gasteiger partial charge in [-0.05, 0) is 37.5 Å². The van der Waals surface area contributed by atoms with E-state index in [4.69, 9.17) is 28.3 Å². The first-order chi connectivity index (χ1) is 11.8. The minimum Gasteiger partial charge on any atom is -0.481 e. The highest BCUT2D eigenvalue weighted by atomic mass is 35.5. The number of nitrogens with one attached hydrogen (secondary N) is 1. The molecule has 1 heterocycles. The van der Waals surface area contributed by atoms with E-state index < -0.39 is 17.9 Å². The second-order valence-electron chi connectivity index (χ2n) is 6.00. The molecule has 8 heteroatoms. The lowest BCUT2D eigenvalue weighted by Crippen LogP contribution is -2.47. The zero-order valence-electron chi connectivity index (χ0n) is 13.8. The fraction of sp³-hybridized carbons (Fsp3) is 0.471. The number of aliphatic carboxylic acids is 1. The molecule has 25 heavy (non-hydrogen) atoms. The van der Waals surface area contributed by atoms with E-state index in [1.807, 2.05) is 0 Å². The van der Waals surface area contributed by atoms with Gasteiger partial charge in [0.25, 0.3) is 5.91 Å². The van der Waals surface area contributed by atoms with Crippen molar-refractivity contribution in [2.75, 3.05) is 13.1 Å². The molecule has 6 nitrogen and oxygen atoms in total. The molecule has 2 amide bonds. The van der Waals surface area contributed by atoms with Crippen LogP contribution >= 0.6 is 23.2 Å². The van der Waals surface area contributed by atoms with Crippen molar-refractivity contribution in [2.45, 2.75) is 32.2 Å². The number of carboxylic acids is 1. The summed E-state index contributed by atoms with van der Waals surface area (Å²) in [6.07, 6.45) is 1.66. The van der Waals surface area contributed by atoms with E-state index in [-0.39, 0.29) is 18.4 Å². The summed E-state index contributed by atoms with van der Waals surface area (Å²) in [4.78, 5) is 37.7. The predicted molar refractivity (Wildman–Crippen MR) is 94.9 cm³/mol. The van der Waals surface area contributed by atoms with E-state index in [9.17, 15) is 14.4 Å². The number of carboxylic acid groups (broad SMARTS) is 1. The van der Waals surface area contributed by atoms with Crippen LogP contribution in [0.4, 0.5) is 0 Å². The molecule has 1 aliphatic heterocycles. The van der Waals surface area contributed by atoms with Crippen LogP contribution in [0.25, 0.3) is 0 Å². The average molecular weight is 387 g/mol. The molecule has 1 saturated heterocycles. The van der Waals surface area contributed by atoms with Crippen molar-refractivity contribution in [3.05, 3.63) is 33.8 Å². The molecule has 0 saturated carbocycles. The van der Waals surface area contributed by atoms with Gasteiger partial charge in [0, 0.05) is 28.7 Å². The molecular weight excluding hydrogens is 367 g/mol. The van der Waals surface area contributed by atoms with Gasteiger partial charge in [-0.15, -0.1) is 0 Å². The highest BCUT2D eigenvalue weighted by molar-refractivity contribution is 6.35. The molecule has 1 fully saturated rings. The van der Waals surface area contributed by atoms with Crippen LogP contribution < -0.4 is 5.32 Å². The molecule has 2 atom stereocenters. The minimum absolute atomic E-state index is 0.0478. The first kappa shape index (κ1) is 19.5. The highest BCUT2D eigenvalue weighted by Gasteiger charge is 2.35. The topological polar surface area (TPSA) is 86.7 Å². The molecule has 2 unspecified atom stereocenters. The van der Waals surface area contributed by atoms with E-state index >= 15 is 0 Å². The predicted octanol–water partition coefficient (Wildman–Crippen LogP) is 2.83. The molecule has 136 valence electrons. The van der Waals surface area contributed by atoms with Crippen molar-refractivity contribution in [1.82, 2.24) is 10.2 Å². The number of halogens is 2. The number of carbonyl (C=O) groups is 3. The number of benzene rings is 1. The van der Waals surface area contributed by atoms with Crippen LogP contribution in [0, 0.1) is 5.92 Å². The summed E-state index contributed by atoms with van der Waals surface area (Å²) >= 11 is 11.9. The molecule has 1 aromatic carbocycles. The second-order valence-corrected chi connectivity index (χ2v) is 6.88. The average Bonchev–Trinajstić information content (AvgIpc) is 3.02. The Bertz CT molecular complexity index is 660. The Morgan fingerprint density at radius 1 is 1.28 bits per heavy atom. The molecule has 0 radical (unpaired) electrons. The molecule has 1 aromatic rings. The van der Waals surface area contributed by atoms with Crippen LogP contribution in [0.15, 0.2) is 18.2 Å². The Morgan fingerprint density at radius 2 is 1.92 bits per heavy atom. The standard InChI is InChI=1S/C17H20Cl2N2O4/c1-2-10(17(24)25)9-20-15(22)14-4-3-5-21(14)16(23)11-6-12(18)8-13(19)7-11/h6-8,10,14H,2-5,9H2,1H3,(H,20,22)(H,24,25). The van der Waals surface area contributed by atoms with Gasteiger partial charge in [0.15, 0.2) is 0 Å². The normalized spacial score (nSPS) is 18.0. The van der Waals surface area contributed by atoms with Crippen LogP contribution in [0.1, 0.15) is 36.5 Å². The molecule has 2 rings (SSSR count). The number of likely N-dealkylation sites (tertiary alicyclic amines) is 1. The van der Waals surface area contributed by atoms with Gasteiger partial charge in [-0.25, -0.2) is 0 Å². The van der Waals surface area contributed by atoms with E-state index in [1.165, 1.54) is 23.1 Å². The smallest absolute Gasteiger partial charge is 0.308 e.